The van der Waals surface area contributed by atoms with E-state index < -0.39 is 6.10 Å². The van der Waals surface area contributed by atoms with Crippen LogP contribution < -0.4 is 10.6 Å². The normalized spacial score (nSPS) is 18.9. The minimum absolute atomic E-state index is 0.178. The SMILES string of the molecule is Nc1ccc(N2CCN(CC(O)CO)CC2)cn1. The molecule has 1 unspecified atom stereocenters. The maximum atomic E-state index is 9.39. The van der Waals surface area contributed by atoms with Crippen molar-refractivity contribution in [3.63, 3.8) is 0 Å². The van der Waals surface area contributed by atoms with Gasteiger partial charge in [0.25, 0.3) is 0 Å². The number of nitrogens with zero attached hydrogens (tertiary/aromatic N) is 3. The number of piperazine rings is 1. The van der Waals surface area contributed by atoms with Crippen LogP contribution in [0.2, 0.25) is 0 Å². The molecule has 1 fully saturated rings. The summed E-state index contributed by atoms with van der Waals surface area (Å²) in [6.07, 6.45) is 1.14. The Kier molecular flexibility index (Phi) is 4.35. The van der Waals surface area contributed by atoms with Crippen molar-refractivity contribution in [3.05, 3.63) is 18.3 Å². The van der Waals surface area contributed by atoms with Gasteiger partial charge in [-0.05, 0) is 12.1 Å². The standard InChI is InChI=1S/C12H20N4O2/c13-12-2-1-10(7-14-12)16-5-3-15(4-6-16)8-11(18)9-17/h1-2,7,11,17-18H,3-6,8-9H2,(H2,13,14). The molecule has 2 rings (SSSR count). The molecular weight excluding hydrogens is 232 g/mol. The van der Waals surface area contributed by atoms with Crippen LogP contribution in [0.25, 0.3) is 0 Å². The second-order valence-electron chi connectivity index (χ2n) is 4.57. The number of pyridine rings is 1. The molecule has 0 aromatic carbocycles. The summed E-state index contributed by atoms with van der Waals surface area (Å²) in [6.45, 7) is 3.89. The summed E-state index contributed by atoms with van der Waals surface area (Å²) in [4.78, 5) is 8.48. The first kappa shape index (κ1) is 13.1. The Bertz CT molecular complexity index is 363. The van der Waals surface area contributed by atoms with E-state index in [1.165, 1.54) is 0 Å². The molecule has 0 radical (unpaired) electrons. The summed E-state index contributed by atoms with van der Waals surface area (Å²) in [5.41, 5.74) is 6.63. The molecular formula is C12H20N4O2. The Morgan fingerprint density at radius 1 is 1.28 bits per heavy atom. The lowest BCUT2D eigenvalue weighted by Crippen LogP contribution is -2.49. The van der Waals surface area contributed by atoms with Gasteiger partial charge in [0, 0.05) is 32.7 Å². The van der Waals surface area contributed by atoms with Gasteiger partial charge in [0.1, 0.15) is 5.82 Å². The van der Waals surface area contributed by atoms with Gasteiger partial charge in [-0.2, -0.15) is 0 Å². The lowest BCUT2D eigenvalue weighted by Gasteiger charge is -2.36. The number of rotatable bonds is 4. The van der Waals surface area contributed by atoms with Gasteiger partial charge in [-0.15, -0.1) is 0 Å². The summed E-state index contributed by atoms with van der Waals surface area (Å²) in [6, 6.07) is 3.78. The Hall–Kier alpha value is -1.37. The van der Waals surface area contributed by atoms with Crippen LogP contribution in [0.5, 0.6) is 0 Å². The lowest BCUT2D eigenvalue weighted by molar-refractivity contribution is 0.0575. The van der Waals surface area contributed by atoms with E-state index in [0.717, 1.165) is 31.9 Å². The van der Waals surface area contributed by atoms with Gasteiger partial charge in [0.2, 0.25) is 0 Å². The highest BCUT2D eigenvalue weighted by atomic mass is 16.3. The molecule has 1 aliphatic heterocycles. The van der Waals surface area contributed by atoms with Crippen molar-refractivity contribution in [1.29, 1.82) is 0 Å². The number of nitrogens with two attached hydrogens (primary N) is 1. The van der Waals surface area contributed by atoms with Gasteiger partial charge in [0.15, 0.2) is 0 Å². The maximum absolute atomic E-state index is 9.39. The van der Waals surface area contributed by atoms with Crippen molar-refractivity contribution in [2.75, 3.05) is 50.0 Å². The van der Waals surface area contributed by atoms with Crippen LogP contribution in [-0.4, -0.2) is 65.5 Å². The molecule has 0 saturated carbocycles. The fraction of sp³-hybridized carbons (Fsp3) is 0.583. The molecule has 1 aromatic heterocycles. The van der Waals surface area contributed by atoms with E-state index in [2.05, 4.69) is 14.8 Å². The monoisotopic (exact) mass is 252 g/mol. The second kappa shape index (κ2) is 5.99. The smallest absolute Gasteiger partial charge is 0.123 e. The van der Waals surface area contributed by atoms with Crippen LogP contribution in [0.3, 0.4) is 0 Å². The molecule has 6 nitrogen and oxygen atoms in total. The maximum Gasteiger partial charge on any atom is 0.123 e. The predicted molar refractivity (Wildman–Crippen MR) is 70.4 cm³/mol. The average molecular weight is 252 g/mol. The Balaban J connectivity index is 1.84. The van der Waals surface area contributed by atoms with E-state index in [-0.39, 0.29) is 6.61 Å². The van der Waals surface area contributed by atoms with Crippen molar-refractivity contribution >= 4 is 11.5 Å². The number of aliphatic hydroxyl groups excluding tert-OH is 2. The van der Waals surface area contributed by atoms with Crippen LogP contribution >= 0.6 is 0 Å². The number of hydrogen-bond acceptors (Lipinski definition) is 6. The molecule has 0 bridgehead atoms. The van der Waals surface area contributed by atoms with Crippen LogP contribution in [-0.2, 0) is 0 Å². The molecule has 2 heterocycles. The first-order valence-electron chi connectivity index (χ1n) is 6.17. The highest BCUT2D eigenvalue weighted by molar-refractivity contribution is 5.48. The zero-order valence-electron chi connectivity index (χ0n) is 10.4. The second-order valence-corrected chi connectivity index (χ2v) is 4.57. The Labute approximate surface area is 107 Å². The van der Waals surface area contributed by atoms with Crippen molar-refractivity contribution in [1.82, 2.24) is 9.88 Å². The minimum atomic E-state index is -0.644. The molecule has 1 atom stereocenters. The molecule has 1 aromatic rings. The highest BCUT2D eigenvalue weighted by Crippen LogP contribution is 2.16. The van der Waals surface area contributed by atoms with Crippen LogP contribution in [0.4, 0.5) is 11.5 Å². The van der Waals surface area contributed by atoms with Crippen LogP contribution in [0.15, 0.2) is 18.3 Å². The number of aliphatic hydroxyl groups is 2. The van der Waals surface area contributed by atoms with E-state index in [1.54, 1.807) is 12.3 Å². The molecule has 4 N–H and O–H groups in total. The molecule has 100 valence electrons. The Morgan fingerprint density at radius 3 is 2.56 bits per heavy atom. The third-order valence-corrected chi connectivity index (χ3v) is 3.19. The quantitative estimate of drug-likeness (QED) is 0.646. The third-order valence-electron chi connectivity index (χ3n) is 3.19. The van der Waals surface area contributed by atoms with Crippen LogP contribution in [0, 0.1) is 0 Å². The van der Waals surface area contributed by atoms with Gasteiger partial charge >= 0.3 is 0 Å². The molecule has 0 amide bonds. The van der Waals surface area contributed by atoms with E-state index in [9.17, 15) is 5.11 Å². The first-order valence-corrected chi connectivity index (χ1v) is 6.17. The van der Waals surface area contributed by atoms with Crippen molar-refractivity contribution in [3.8, 4) is 0 Å². The van der Waals surface area contributed by atoms with E-state index >= 15 is 0 Å². The van der Waals surface area contributed by atoms with Gasteiger partial charge < -0.3 is 20.8 Å². The number of nitrogen functional groups attached to an aromatic ring is 1. The van der Waals surface area contributed by atoms with Crippen molar-refractivity contribution in [2.45, 2.75) is 6.10 Å². The van der Waals surface area contributed by atoms with Crippen LogP contribution in [0.1, 0.15) is 0 Å². The summed E-state index contributed by atoms with van der Waals surface area (Å²) in [5.74, 6) is 0.531. The number of β-amino-alcohol motifs (C(OH)–C–C–N with tert-alkyl or cyclic N) is 1. The fourth-order valence-corrected chi connectivity index (χ4v) is 2.13. The average Bonchev–Trinajstić information content (AvgIpc) is 2.40. The van der Waals surface area contributed by atoms with Crippen molar-refractivity contribution < 1.29 is 10.2 Å². The van der Waals surface area contributed by atoms with Gasteiger partial charge in [-0.1, -0.05) is 0 Å². The number of hydrogen-bond donors (Lipinski definition) is 3. The van der Waals surface area contributed by atoms with Crippen molar-refractivity contribution in [2.24, 2.45) is 0 Å². The lowest BCUT2D eigenvalue weighted by atomic mass is 10.2. The fourth-order valence-electron chi connectivity index (χ4n) is 2.13. The van der Waals surface area contributed by atoms with Gasteiger partial charge in [-0.3, -0.25) is 4.90 Å². The zero-order valence-corrected chi connectivity index (χ0v) is 10.4. The molecule has 1 saturated heterocycles. The summed E-state index contributed by atoms with van der Waals surface area (Å²) >= 11 is 0. The minimum Gasteiger partial charge on any atom is -0.394 e. The molecule has 1 aliphatic rings. The number of aromatic nitrogens is 1. The van der Waals surface area contributed by atoms with E-state index in [0.29, 0.717) is 12.4 Å². The largest absolute Gasteiger partial charge is 0.394 e. The van der Waals surface area contributed by atoms with Gasteiger partial charge in [0.05, 0.1) is 24.6 Å². The molecule has 0 aliphatic carbocycles. The molecule has 18 heavy (non-hydrogen) atoms. The highest BCUT2D eigenvalue weighted by Gasteiger charge is 2.19. The predicted octanol–water partition coefficient (Wildman–Crippen LogP) is -0.861. The summed E-state index contributed by atoms with van der Waals surface area (Å²) in [7, 11) is 0. The molecule has 6 heteroatoms. The third kappa shape index (κ3) is 3.32. The summed E-state index contributed by atoms with van der Waals surface area (Å²) in [5, 5.41) is 18.2. The van der Waals surface area contributed by atoms with E-state index in [4.69, 9.17) is 10.8 Å². The number of anilines is 2. The Morgan fingerprint density at radius 2 is 2.00 bits per heavy atom. The van der Waals surface area contributed by atoms with E-state index in [1.807, 2.05) is 6.07 Å². The topological polar surface area (TPSA) is 85.9 Å². The first-order chi connectivity index (χ1) is 8.69. The zero-order chi connectivity index (χ0) is 13.0. The van der Waals surface area contributed by atoms with Gasteiger partial charge in [-0.25, -0.2) is 4.98 Å². The molecule has 0 spiro atoms. The summed E-state index contributed by atoms with van der Waals surface area (Å²) < 4.78 is 0.